The number of aldehydes is 1. The molecule has 1 aliphatic rings. The largest absolute Gasteiger partial charge is 0.485 e. The minimum Gasteiger partial charge on any atom is -0.485 e. The minimum absolute atomic E-state index is 0.306. The number of hydrogen-bond acceptors (Lipinski definition) is 3. The van der Waals surface area contributed by atoms with Crippen molar-refractivity contribution in [2.24, 2.45) is 0 Å². The Balaban J connectivity index is 0.000000161. The quantitative estimate of drug-likeness (QED) is 0.541. The molecule has 4 heteroatoms. The van der Waals surface area contributed by atoms with Gasteiger partial charge in [0.05, 0.1) is 0 Å². The number of benzene rings is 2. The smallest absolute Gasteiger partial charge is 0.187 e. The summed E-state index contributed by atoms with van der Waals surface area (Å²) in [6, 6.07) is 13.8. The van der Waals surface area contributed by atoms with Gasteiger partial charge in [-0.25, -0.2) is 0 Å². The highest BCUT2D eigenvalue weighted by molar-refractivity contribution is 14.1. The SMILES string of the molecule is Cc1cc(C)cc(I)c1.O=CC1COc2ccccc2O1. The van der Waals surface area contributed by atoms with E-state index in [0.29, 0.717) is 18.1 Å². The van der Waals surface area contributed by atoms with Gasteiger partial charge >= 0.3 is 0 Å². The van der Waals surface area contributed by atoms with Crippen molar-refractivity contribution in [3.05, 3.63) is 57.2 Å². The molecule has 0 radical (unpaired) electrons. The number of aryl methyl sites for hydroxylation is 2. The first-order valence-corrected chi connectivity index (χ1v) is 7.74. The second-order valence-corrected chi connectivity index (χ2v) is 6.10. The minimum atomic E-state index is -0.458. The van der Waals surface area contributed by atoms with Crippen molar-refractivity contribution >= 4 is 28.9 Å². The summed E-state index contributed by atoms with van der Waals surface area (Å²) in [4.78, 5) is 10.4. The molecule has 0 saturated carbocycles. The summed E-state index contributed by atoms with van der Waals surface area (Å²) in [7, 11) is 0. The Hall–Kier alpha value is -1.56. The molecule has 2 aromatic rings. The number of halogens is 1. The molecule has 3 nitrogen and oxygen atoms in total. The van der Waals surface area contributed by atoms with Gasteiger partial charge in [-0.15, -0.1) is 0 Å². The highest BCUT2D eigenvalue weighted by Gasteiger charge is 2.18. The molecule has 2 aromatic carbocycles. The predicted octanol–water partition coefficient (Wildman–Crippen LogP) is 3.93. The van der Waals surface area contributed by atoms with Crippen molar-refractivity contribution in [2.45, 2.75) is 20.0 Å². The number of carbonyl (C=O) groups is 1. The Morgan fingerprint density at radius 3 is 2.29 bits per heavy atom. The van der Waals surface area contributed by atoms with Crippen LogP contribution in [0.1, 0.15) is 11.1 Å². The molecule has 1 aliphatic heterocycles. The van der Waals surface area contributed by atoms with E-state index in [9.17, 15) is 4.79 Å². The van der Waals surface area contributed by atoms with E-state index in [2.05, 4.69) is 54.6 Å². The standard InChI is InChI=1S/C9H8O3.C8H9I/c10-5-7-6-11-8-3-1-2-4-9(8)12-7;1-6-3-7(2)5-8(9)4-6/h1-5,7H,6H2;3-5H,1-2H3. The van der Waals surface area contributed by atoms with Crippen molar-refractivity contribution < 1.29 is 14.3 Å². The number of ether oxygens (including phenoxy) is 2. The molecule has 3 rings (SSSR count). The third-order valence-corrected chi connectivity index (χ3v) is 3.49. The highest BCUT2D eigenvalue weighted by Crippen LogP contribution is 2.30. The maximum atomic E-state index is 10.4. The molecule has 0 amide bonds. The molecule has 1 unspecified atom stereocenters. The maximum absolute atomic E-state index is 10.4. The second kappa shape index (κ2) is 7.45. The van der Waals surface area contributed by atoms with Gasteiger partial charge in [-0.05, 0) is 71.8 Å². The fourth-order valence-electron chi connectivity index (χ4n) is 2.02. The molecule has 1 atom stereocenters. The van der Waals surface area contributed by atoms with Crippen molar-refractivity contribution in [2.75, 3.05) is 6.61 Å². The number of hydrogen-bond donors (Lipinski definition) is 0. The van der Waals surface area contributed by atoms with Gasteiger partial charge in [-0.2, -0.15) is 0 Å². The van der Waals surface area contributed by atoms with Crippen LogP contribution in [0.4, 0.5) is 0 Å². The monoisotopic (exact) mass is 396 g/mol. The van der Waals surface area contributed by atoms with Crippen LogP contribution in [0.5, 0.6) is 11.5 Å². The first-order valence-electron chi connectivity index (χ1n) is 6.66. The van der Waals surface area contributed by atoms with E-state index in [0.717, 1.165) is 6.29 Å². The Morgan fingerprint density at radius 1 is 1.10 bits per heavy atom. The average molecular weight is 396 g/mol. The van der Waals surface area contributed by atoms with Crippen LogP contribution in [-0.2, 0) is 4.79 Å². The van der Waals surface area contributed by atoms with Gasteiger partial charge in [0.1, 0.15) is 6.61 Å². The van der Waals surface area contributed by atoms with E-state index in [-0.39, 0.29) is 0 Å². The third kappa shape index (κ3) is 4.74. The lowest BCUT2D eigenvalue weighted by Crippen LogP contribution is -2.30. The summed E-state index contributed by atoms with van der Waals surface area (Å²) in [5.41, 5.74) is 2.69. The first kappa shape index (κ1) is 15.8. The molecule has 0 fully saturated rings. The Bertz CT molecular complexity index is 575. The molecule has 0 saturated heterocycles. The van der Waals surface area contributed by atoms with Gasteiger partial charge in [0.2, 0.25) is 0 Å². The lowest BCUT2D eigenvalue weighted by atomic mass is 10.2. The predicted molar refractivity (Wildman–Crippen MR) is 91.1 cm³/mol. The van der Waals surface area contributed by atoms with Crippen molar-refractivity contribution in [3.63, 3.8) is 0 Å². The molecule has 0 aromatic heterocycles. The zero-order chi connectivity index (χ0) is 15.2. The van der Waals surface area contributed by atoms with Crippen LogP contribution < -0.4 is 9.47 Å². The van der Waals surface area contributed by atoms with Gasteiger partial charge in [0.25, 0.3) is 0 Å². The van der Waals surface area contributed by atoms with E-state index >= 15 is 0 Å². The van der Waals surface area contributed by atoms with Crippen molar-refractivity contribution in [3.8, 4) is 11.5 Å². The molecule has 0 N–H and O–H groups in total. The number of fused-ring (bicyclic) bond motifs is 1. The van der Waals surface area contributed by atoms with Crippen LogP contribution in [0.2, 0.25) is 0 Å². The Morgan fingerprint density at radius 2 is 1.71 bits per heavy atom. The second-order valence-electron chi connectivity index (χ2n) is 4.86. The zero-order valence-corrected chi connectivity index (χ0v) is 14.2. The van der Waals surface area contributed by atoms with Crippen LogP contribution >= 0.6 is 22.6 Å². The van der Waals surface area contributed by atoms with Gasteiger partial charge in [0.15, 0.2) is 23.9 Å². The molecule has 21 heavy (non-hydrogen) atoms. The summed E-state index contributed by atoms with van der Waals surface area (Å²) in [5.74, 6) is 1.34. The molecule has 110 valence electrons. The number of carbonyl (C=O) groups excluding carboxylic acids is 1. The first-order chi connectivity index (χ1) is 10.1. The summed E-state index contributed by atoms with van der Waals surface area (Å²) < 4.78 is 11.9. The van der Waals surface area contributed by atoms with E-state index in [1.807, 2.05) is 18.2 Å². The van der Waals surface area contributed by atoms with Gasteiger partial charge < -0.3 is 9.47 Å². The van der Waals surface area contributed by atoms with E-state index in [4.69, 9.17) is 9.47 Å². The van der Waals surface area contributed by atoms with Crippen LogP contribution in [0, 0.1) is 17.4 Å². The zero-order valence-electron chi connectivity index (χ0n) is 12.0. The summed E-state index contributed by atoms with van der Waals surface area (Å²) in [5, 5.41) is 0. The van der Waals surface area contributed by atoms with Crippen LogP contribution in [0.25, 0.3) is 0 Å². The maximum Gasteiger partial charge on any atom is 0.187 e. The lowest BCUT2D eigenvalue weighted by Gasteiger charge is -2.22. The summed E-state index contributed by atoms with van der Waals surface area (Å²) >= 11 is 2.33. The van der Waals surface area contributed by atoms with Crippen LogP contribution in [0.3, 0.4) is 0 Å². The topological polar surface area (TPSA) is 35.5 Å². The molecule has 0 aliphatic carbocycles. The summed E-state index contributed by atoms with van der Waals surface area (Å²) in [6.45, 7) is 4.55. The van der Waals surface area contributed by atoms with E-state index < -0.39 is 6.10 Å². The number of rotatable bonds is 1. The molecular formula is C17H17IO3. The third-order valence-electron chi connectivity index (χ3n) is 2.87. The van der Waals surface area contributed by atoms with E-state index in [1.165, 1.54) is 14.7 Å². The molecule has 0 spiro atoms. The van der Waals surface area contributed by atoms with Gasteiger partial charge in [-0.3, -0.25) is 4.79 Å². The van der Waals surface area contributed by atoms with Gasteiger partial charge in [0, 0.05) is 3.57 Å². The molecule has 0 bridgehead atoms. The fourth-order valence-corrected chi connectivity index (χ4v) is 3.00. The fraction of sp³-hybridized carbons (Fsp3) is 0.235. The van der Waals surface area contributed by atoms with Crippen molar-refractivity contribution in [1.29, 1.82) is 0 Å². The highest BCUT2D eigenvalue weighted by atomic mass is 127. The Labute approximate surface area is 138 Å². The molecular weight excluding hydrogens is 379 g/mol. The number of para-hydroxylation sites is 2. The van der Waals surface area contributed by atoms with Gasteiger partial charge in [-0.1, -0.05) is 18.2 Å². The average Bonchev–Trinajstić information content (AvgIpc) is 2.46. The Kier molecular flexibility index (Phi) is 5.61. The summed E-state index contributed by atoms with van der Waals surface area (Å²) in [6.07, 6.45) is 0.288. The lowest BCUT2D eigenvalue weighted by molar-refractivity contribution is -0.115. The molecule has 1 heterocycles. The van der Waals surface area contributed by atoms with Crippen LogP contribution in [-0.4, -0.2) is 19.0 Å². The van der Waals surface area contributed by atoms with Crippen LogP contribution in [0.15, 0.2) is 42.5 Å². The normalized spacial score (nSPS) is 15.7. The van der Waals surface area contributed by atoms with E-state index in [1.54, 1.807) is 6.07 Å². The van der Waals surface area contributed by atoms with Crippen molar-refractivity contribution in [1.82, 2.24) is 0 Å².